The van der Waals surface area contributed by atoms with Gasteiger partial charge in [-0.3, -0.25) is 14.5 Å². The fraction of sp³-hybridized carbons (Fsp3) is 0.227. The van der Waals surface area contributed by atoms with Gasteiger partial charge in [-0.05, 0) is 70.0 Å². The molecule has 1 heterocycles. The van der Waals surface area contributed by atoms with Crippen LogP contribution in [0.25, 0.3) is 6.08 Å². The average Bonchev–Trinajstić information content (AvgIpc) is 3.02. The Morgan fingerprint density at radius 3 is 2.56 bits per heavy atom. The van der Waals surface area contributed by atoms with Crippen LogP contribution in [-0.2, 0) is 20.9 Å². The summed E-state index contributed by atoms with van der Waals surface area (Å²) >= 11 is 7.75. The molecule has 0 unspecified atom stereocenters. The first-order valence-electron chi connectivity index (χ1n) is 9.48. The highest BCUT2D eigenvalue weighted by atomic mass is 79.9. The van der Waals surface area contributed by atoms with Crippen LogP contribution >= 0.6 is 43.6 Å². The van der Waals surface area contributed by atoms with E-state index in [1.54, 1.807) is 18.2 Å². The lowest BCUT2D eigenvalue weighted by Crippen LogP contribution is -2.27. The lowest BCUT2D eigenvalue weighted by atomic mass is 10.1. The van der Waals surface area contributed by atoms with E-state index < -0.39 is 5.97 Å². The summed E-state index contributed by atoms with van der Waals surface area (Å²) in [5, 5.41) is -0.334. The van der Waals surface area contributed by atoms with Gasteiger partial charge >= 0.3 is 5.97 Å². The van der Waals surface area contributed by atoms with Gasteiger partial charge < -0.3 is 14.2 Å². The number of amides is 2. The largest absolute Gasteiger partial charge is 0.490 e. The molecule has 2 aromatic carbocycles. The smallest absolute Gasteiger partial charge is 0.343 e. The van der Waals surface area contributed by atoms with Gasteiger partial charge in [-0.1, -0.05) is 34.1 Å². The summed E-state index contributed by atoms with van der Waals surface area (Å²) in [6.07, 6.45) is 1.63. The Kier molecular flexibility index (Phi) is 8.38. The molecule has 10 heteroatoms. The van der Waals surface area contributed by atoms with Gasteiger partial charge in [0.05, 0.1) is 29.6 Å². The number of halogens is 2. The van der Waals surface area contributed by atoms with Crippen LogP contribution in [0.1, 0.15) is 18.1 Å². The third kappa shape index (κ3) is 5.73. The number of carbonyl (C=O) groups is 3. The summed E-state index contributed by atoms with van der Waals surface area (Å²) in [6.45, 7) is 2.09. The molecule has 2 amide bonds. The van der Waals surface area contributed by atoms with Gasteiger partial charge in [-0.15, -0.1) is 0 Å². The minimum absolute atomic E-state index is 0.178. The van der Waals surface area contributed by atoms with Gasteiger partial charge in [-0.2, -0.15) is 0 Å². The second-order valence-electron chi connectivity index (χ2n) is 6.49. The molecule has 1 saturated heterocycles. The van der Waals surface area contributed by atoms with Gasteiger partial charge in [0.15, 0.2) is 18.1 Å². The SMILES string of the molecule is CCOc1cc(/C=C2\SC(=O)N(Cc3ccccc3Br)C2=O)cc(Br)c1OCC(=O)OC. The fourth-order valence-corrected chi connectivity index (χ4v) is 4.67. The number of thioether (sulfide) groups is 1. The highest BCUT2D eigenvalue weighted by Crippen LogP contribution is 2.39. The van der Waals surface area contributed by atoms with Crippen molar-refractivity contribution in [3.8, 4) is 11.5 Å². The van der Waals surface area contributed by atoms with Gasteiger partial charge in [0, 0.05) is 4.47 Å². The Morgan fingerprint density at radius 1 is 1.12 bits per heavy atom. The zero-order chi connectivity index (χ0) is 23.3. The molecule has 0 N–H and O–H groups in total. The first kappa shape index (κ1) is 24.3. The zero-order valence-corrected chi connectivity index (χ0v) is 21.2. The number of imide groups is 1. The molecule has 0 aliphatic carbocycles. The second kappa shape index (κ2) is 11.0. The Hall–Kier alpha value is -2.30. The molecule has 0 spiro atoms. The topological polar surface area (TPSA) is 82.1 Å². The van der Waals surface area contributed by atoms with Gasteiger partial charge in [0.1, 0.15) is 0 Å². The number of esters is 1. The highest BCUT2D eigenvalue weighted by Gasteiger charge is 2.35. The minimum atomic E-state index is -0.526. The molecule has 0 bridgehead atoms. The molecule has 0 saturated carbocycles. The molecule has 1 fully saturated rings. The first-order valence-corrected chi connectivity index (χ1v) is 11.9. The van der Waals surface area contributed by atoms with Crippen molar-refractivity contribution < 1.29 is 28.6 Å². The summed E-state index contributed by atoms with van der Waals surface area (Å²) in [6, 6.07) is 10.8. The van der Waals surface area contributed by atoms with E-state index in [-0.39, 0.29) is 24.3 Å². The number of hydrogen-bond donors (Lipinski definition) is 0. The van der Waals surface area contributed by atoms with Gasteiger partial charge in [-0.25, -0.2) is 4.79 Å². The Balaban J connectivity index is 1.85. The van der Waals surface area contributed by atoms with E-state index in [4.69, 9.17) is 9.47 Å². The van der Waals surface area contributed by atoms with Crippen molar-refractivity contribution in [2.24, 2.45) is 0 Å². The first-order chi connectivity index (χ1) is 15.3. The van der Waals surface area contributed by atoms with Crippen LogP contribution in [0, 0.1) is 0 Å². The molecule has 1 aliphatic rings. The number of rotatable bonds is 8. The second-order valence-corrected chi connectivity index (χ2v) is 9.19. The van der Waals surface area contributed by atoms with E-state index in [2.05, 4.69) is 36.6 Å². The number of benzene rings is 2. The van der Waals surface area contributed by atoms with Crippen LogP contribution in [-0.4, -0.2) is 42.3 Å². The molecule has 168 valence electrons. The van der Waals surface area contributed by atoms with Gasteiger partial charge in [0.25, 0.3) is 11.1 Å². The monoisotopic (exact) mass is 583 g/mol. The predicted octanol–water partition coefficient (Wildman–Crippen LogP) is 5.40. The summed E-state index contributed by atoms with van der Waals surface area (Å²) in [7, 11) is 1.27. The van der Waals surface area contributed by atoms with Crippen LogP contribution in [0.3, 0.4) is 0 Å². The van der Waals surface area contributed by atoms with Crippen molar-refractivity contribution in [2.45, 2.75) is 13.5 Å². The lowest BCUT2D eigenvalue weighted by molar-refractivity contribution is -0.143. The van der Waals surface area contributed by atoms with E-state index in [0.29, 0.717) is 33.0 Å². The van der Waals surface area contributed by atoms with Crippen molar-refractivity contribution in [1.29, 1.82) is 0 Å². The summed E-state index contributed by atoms with van der Waals surface area (Å²) in [5.41, 5.74) is 1.47. The lowest BCUT2D eigenvalue weighted by Gasteiger charge is -2.14. The Morgan fingerprint density at radius 2 is 1.88 bits per heavy atom. The van der Waals surface area contributed by atoms with Gasteiger partial charge in [0.2, 0.25) is 0 Å². The Bertz CT molecular complexity index is 1090. The van der Waals surface area contributed by atoms with Crippen molar-refractivity contribution in [1.82, 2.24) is 4.90 Å². The third-order valence-corrected chi connectivity index (χ3v) is 6.62. The molecular weight excluding hydrogens is 566 g/mol. The zero-order valence-electron chi connectivity index (χ0n) is 17.2. The number of carbonyl (C=O) groups excluding carboxylic acids is 3. The molecule has 0 aromatic heterocycles. The van der Waals surface area contributed by atoms with Crippen LogP contribution in [0.5, 0.6) is 11.5 Å². The van der Waals surface area contributed by atoms with Crippen molar-refractivity contribution in [3.05, 3.63) is 61.4 Å². The summed E-state index contributed by atoms with van der Waals surface area (Å²) in [4.78, 5) is 38.3. The number of hydrogen-bond acceptors (Lipinski definition) is 7. The Labute approximate surface area is 206 Å². The average molecular weight is 585 g/mol. The maximum Gasteiger partial charge on any atom is 0.343 e. The molecule has 1 aliphatic heterocycles. The molecule has 0 radical (unpaired) electrons. The van der Waals surface area contributed by atoms with Crippen molar-refractivity contribution in [3.63, 3.8) is 0 Å². The summed E-state index contributed by atoms with van der Waals surface area (Å²) < 4.78 is 17.1. The molecule has 32 heavy (non-hydrogen) atoms. The van der Waals surface area contributed by atoms with Crippen molar-refractivity contribution in [2.75, 3.05) is 20.3 Å². The predicted molar refractivity (Wildman–Crippen MR) is 128 cm³/mol. The third-order valence-electron chi connectivity index (χ3n) is 4.35. The van der Waals surface area contributed by atoms with Crippen molar-refractivity contribution >= 4 is 66.8 Å². The maximum absolute atomic E-state index is 12.9. The molecular formula is C22H19Br2NO6S. The van der Waals surface area contributed by atoms with Crippen LogP contribution in [0.2, 0.25) is 0 Å². The van der Waals surface area contributed by atoms with Crippen LogP contribution in [0.15, 0.2) is 50.2 Å². The molecule has 3 rings (SSSR count). The standard InChI is InChI=1S/C22H19Br2NO6S/c1-3-30-17-9-13(8-16(24)20(17)31-12-19(26)29-2)10-18-21(27)25(22(28)32-18)11-14-6-4-5-7-15(14)23/h4-10H,3,11-12H2,1-2H3/b18-10-. The quantitative estimate of drug-likeness (QED) is 0.303. The minimum Gasteiger partial charge on any atom is -0.490 e. The number of methoxy groups -OCH3 is 1. The maximum atomic E-state index is 12.9. The molecule has 0 atom stereocenters. The van der Waals surface area contributed by atoms with E-state index in [1.807, 2.05) is 31.2 Å². The fourth-order valence-electron chi connectivity index (χ4n) is 2.85. The normalized spacial score (nSPS) is 14.8. The number of ether oxygens (including phenoxy) is 3. The summed E-state index contributed by atoms with van der Waals surface area (Å²) in [5.74, 6) is -0.154. The molecule has 2 aromatic rings. The van der Waals surface area contributed by atoms with E-state index in [1.165, 1.54) is 12.0 Å². The van der Waals surface area contributed by atoms with E-state index >= 15 is 0 Å². The number of nitrogens with zero attached hydrogens (tertiary/aromatic N) is 1. The van der Waals surface area contributed by atoms with E-state index in [0.717, 1.165) is 21.8 Å². The van der Waals surface area contributed by atoms with E-state index in [9.17, 15) is 14.4 Å². The highest BCUT2D eigenvalue weighted by molar-refractivity contribution is 9.10. The van der Waals surface area contributed by atoms with Crippen LogP contribution in [0.4, 0.5) is 4.79 Å². The van der Waals surface area contributed by atoms with Crippen LogP contribution < -0.4 is 9.47 Å². The molecule has 7 nitrogen and oxygen atoms in total.